The molecule has 0 bridgehead atoms. The van der Waals surface area contributed by atoms with Gasteiger partial charge in [-0.1, -0.05) is 12.1 Å². The zero-order chi connectivity index (χ0) is 12.4. The first-order valence-electron chi connectivity index (χ1n) is 5.57. The van der Waals surface area contributed by atoms with Crippen LogP contribution in [-0.4, -0.2) is 18.7 Å². The van der Waals surface area contributed by atoms with Gasteiger partial charge in [0, 0.05) is 13.0 Å². The first kappa shape index (κ1) is 11.5. The van der Waals surface area contributed by atoms with Crippen molar-refractivity contribution in [2.45, 2.75) is 26.4 Å². The molecule has 1 fully saturated rings. The Morgan fingerprint density at radius 3 is 2.88 bits per heavy atom. The van der Waals surface area contributed by atoms with Crippen LogP contribution in [0.4, 0.5) is 10.5 Å². The number of rotatable bonds is 1. The van der Waals surface area contributed by atoms with Crippen molar-refractivity contribution in [3.05, 3.63) is 29.3 Å². The van der Waals surface area contributed by atoms with Crippen LogP contribution in [0, 0.1) is 25.2 Å². The summed E-state index contributed by atoms with van der Waals surface area (Å²) in [6.45, 7) is 4.52. The molecule has 1 aliphatic rings. The minimum absolute atomic E-state index is 0.434. The minimum Gasteiger partial charge on any atom is -0.430 e. The largest absolute Gasteiger partial charge is 0.430 e. The maximum atomic E-state index is 11.8. The first-order valence-corrected chi connectivity index (χ1v) is 5.57. The minimum atomic E-state index is -0.608. The van der Waals surface area contributed by atoms with E-state index in [4.69, 9.17) is 10.00 Å². The Kier molecular flexibility index (Phi) is 3.01. The topological polar surface area (TPSA) is 53.3 Å². The number of nitrogens with zero attached hydrogens (tertiary/aromatic N) is 2. The van der Waals surface area contributed by atoms with Crippen LogP contribution in [0.2, 0.25) is 0 Å². The molecule has 88 valence electrons. The summed E-state index contributed by atoms with van der Waals surface area (Å²) in [4.78, 5) is 13.4. The van der Waals surface area contributed by atoms with E-state index < -0.39 is 12.2 Å². The molecule has 1 aromatic carbocycles. The first-order chi connectivity index (χ1) is 8.13. The van der Waals surface area contributed by atoms with Crippen LogP contribution >= 0.6 is 0 Å². The van der Waals surface area contributed by atoms with E-state index in [0.717, 1.165) is 16.8 Å². The summed E-state index contributed by atoms with van der Waals surface area (Å²) < 4.78 is 5.02. The number of benzene rings is 1. The Hall–Kier alpha value is -2.02. The van der Waals surface area contributed by atoms with E-state index in [1.165, 1.54) is 0 Å². The summed E-state index contributed by atoms with van der Waals surface area (Å²) >= 11 is 0. The molecule has 17 heavy (non-hydrogen) atoms. The molecule has 0 saturated carbocycles. The van der Waals surface area contributed by atoms with Gasteiger partial charge in [-0.05, 0) is 31.0 Å². The van der Waals surface area contributed by atoms with Crippen LogP contribution in [0.25, 0.3) is 0 Å². The molecule has 1 aliphatic heterocycles. The third kappa shape index (κ3) is 2.09. The summed E-state index contributed by atoms with van der Waals surface area (Å²) in [5, 5.41) is 8.72. The lowest BCUT2D eigenvalue weighted by Gasteiger charge is -2.30. The van der Waals surface area contributed by atoms with E-state index >= 15 is 0 Å². The molecular weight excluding hydrogens is 216 g/mol. The molecule has 4 heteroatoms. The second-order valence-electron chi connectivity index (χ2n) is 4.16. The zero-order valence-electron chi connectivity index (χ0n) is 9.93. The van der Waals surface area contributed by atoms with Crippen molar-refractivity contribution in [2.24, 2.45) is 0 Å². The molecule has 1 amide bonds. The number of cyclic esters (lactones) is 1. The van der Waals surface area contributed by atoms with E-state index in [2.05, 4.69) is 0 Å². The third-order valence-corrected chi connectivity index (χ3v) is 3.09. The van der Waals surface area contributed by atoms with Gasteiger partial charge >= 0.3 is 6.09 Å². The van der Waals surface area contributed by atoms with Crippen LogP contribution in [0.15, 0.2) is 18.2 Å². The van der Waals surface area contributed by atoms with Crippen molar-refractivity contribution in [1.82, 2.24) is 0 Å². The van der Waals surface area contributed by atoms with Crippen LogP contribution in [0.1, 0.15) is 17.5 Å². The maximum Gasteiger partial charge on any atom is 0.415 e. The van der Waals surface area contributed by atoms with E-state index in [1.54, 1.807) is 4.90 Å². The van der Waals surface area contributed by atoms with Crippen LogP contribution in [-0.2, 0) is 4.74 Å². The van der Waals surface area contributed by atoms with Gasteiger partial charge < -0.3 is 4.74 Å². The fraction of sp³-hybridized carbons (Fsp3) is 0.385. The zero-order valence-corrected chi connectivity index (χ0v) is 9.93. The third-order valence-electron chi connectivity index (χ3n) is 3.09. The number of carbonyl (C=O) groups is 1. The van der Waals surface area contributed by atoms with Crippen LogP contribution < -0.4 is 4.90 Å². The smallest absolute Gasteiger partial charge is 0.415 e. The maximum absolute atomic E-state index is 11.8. The molecule has 0 aromatic heterocycles. The highest BCUT2D eigenvalue weighted by atomic mass is 16.6. The SMILES string of the molecule is Cc1cccc(N2CCC(C#N)OC2=O)c1C. The average Bonchev–Trinajstić information content (AvgIpc) is 2.33. The Balaban J connectivity index is 2.27. The predicted molar refractivity (Wildman–Crippen MR) is 63.8 cm³/mol. The second-order valence-corrected chi connectivity index (χ2v) is 4.16. The van der Waals surface area contributed by atoms with E-state index in [-0.39, 0.29) is 0 Å². The number of carbonyl (C=O) groups excluding carboxylic acids is 1. The van der Waals surface area contributed by atoms with Gasteiger partial charge in [-0.2, -0.15) is 5.26 Å². The Labute approximate surface area is 100 Å². The van der Waals surface area contributed by atoms with Gasteiger partial charge in [0.15, 0.2) is 6.10 Å². The van der Waals surface area contributed by atoms with Crippen LogP contribution in [0.5, 0.6) is 0 Å². The van der Waals surface area contributed by atoms with Crippen molar-refractivity contribution in [3.63, 3.8) is 0 Å². The van der Waals surface area contributed by atoms with Gasteiger partial charge in [-0.3, -0.25) is 4.90 Å². The number of nitriles is 1. The monoisotopic (exact) mass is 230 g/mol. The fourth-order valence-corrected chi connectivity index (χ4v) is 1.92. The number of anilines is 1. The van der Waals surface area contributed by atoms with Crippen molar-refractivity contribution < 1.29 is 9.53 Å². The lowest BCUT2D eigenvalue weighted by molar-refractivity contribution is 0.111. The Morgan fingerprint density at radius 1 is 1.47 bits per heavy atom. The molecule has 1 atom stereocenters. The summed E-state index contributed by atoms with van der Waals surface area (Å²) in [7, 11) is 0. The molecule has 1 saturated heterocycles. The number of amides is 1. The average molecular weight is 230 g/mol. The number of hydrogen-bond acceptors (Lipinski definition) is 3. The summed E-state index contributed by atoms with van der Waals surface area (Å²) in [6, 6.07) is 7.79. The number of aryl methyl sites for hydroxylation is 1. The van der Waals surface area contributed by atoms with Crippen LogP contribution in [0.3, 0.4) is 0 Å². The molecule has 0 N–H and O–H groups in total. The fourth-order valence-electron chi connectivity index (χ4n) is 1.92. The molecular formula is C13H14N2O2. The highest BCUT2D eigenvalue weighted by molar-refractivity contribution is 5.89. The number of hydrogen-bond donors (Lipinski definition) is 0. The molecule has 2 rings (SSSR count). The summed E-state index contributed by atoms with van der Waals surface area (Å²) in [5.74, 6) is 0. The van der Waals surface area contributed by atoms with E-state index in [9.17, 15) is 4.79 Å². The van der Waals surface area contributed by atoms with Gasteiger partial charge in [0.2, 0.25) is 0 Å². The van der Waals surface area contributed by atoms with E-state index in [1.807, 2.05) is 38.1 Å². The lowest BCUT2D eigenvalue weighted by Crippen LogP contribution is -2.42. The molecule has 1 aromatic rings. The van der Waals surface area contributed by atoms with Crippen molar-refractivity contribution in [3.8, 4) is 6.07 Å². The van der Waals surface area contributed by atoms with Gasteiger partial charge in [0.05, 0.1) is 5.69 Å². The molecule has 1 unspecified atom stereocenters. The standard InChI is InChI=1S/C13H14N2O2/c1-9-4-3-5-12(10(9)2)15-7-6-11(8-14)17-13(15)16/h3-5,11H,6-7H2,1-2H3. The summed E-state index contributed by atoms with van der Waals surface area (Å²) in [5.41, 5.74) is 3.07. The normalized spacial score (nSPS) is 19.7. The van der Waals surface area contributed by atoms with Crippen molar-refractivity contribution in [1.29, 1.82) is 5.26 Å². The van der Waals surface area contributed by atoms with Gasteiger partial charge in [-0.25, -0.2) is 4.79 Å². The van der Waals surface area contributed by atoms with Crippen molar-refractivity contribution >= 4 is 11.8 Å². The molecule has 1 heterocycles. The van der Waals surface area contributed by atoms with Gasteiger partial charge in [-0.15, -0.1) is 0 Å². The molecule has 4 nitrogen and oxygen atoms in total. The van der Waals surface area contributed by atoms with Crippen molar-refractivity contribution in [2.75, 3.05) is 11.4 Å². The quantitative estimate of drug-likeness (QED) is 0.745. The Morgan fingerprint density at radius 2 is 2.24 bits per heavy atom. The second kappa shape index (κ2) is 4.46. The predicted octanol–water partition coefficient (Wildman–Crippen LogP) is 2.54. The number of ether oxygens (including phenoxy) is 1. The molecule has 0 radical (unpaired) electrons. The molecule has 0 spiro atoms. The van der Waals surface area contributed by atoms with E-state index in [0.29, 0.717) is 13.0 Å². The van der Waals surface area contributed by atoms with Gasteiger partial charge in [0.1, 0.15) is 6.07 Å². The Bertz CT molecular complexity index is 491. The van der Waals surface area contributed by atoms with Gasteiger partial charge in [0.25, 0.3) is 0 Å². The molecule has 0 aliphatic carbocycles. The highest BCUT2D eigenvalue weighted by Gasteiger charge is 2.28. The summed E-state index contributed by atoms with van der Waals surface area (Å²) in [6.07, 6.45) is -0.490. The highest BCUT2D eigenvalue weighted by Crippen LogP contribution is 2.26. The lowest BCUT2D eigenvalue weighted by atomic mass is 10.1.